The zero-order valence-electron chi connectivity index (χ0n) is 12.0. The van der Waals surface area contributed by atoms with Gasteiger partial charge in [0.05, 0.1) is 6.04 Å². The lowest BCUT2D eigenvalue weighted by molar-refractivity contribution is 0.0735. The highest BCUT2D eigenvalue weighted by Gasteiger charge is 2.31. The van der Waals surface area contributed by atoms with Crippen LogP contribution in [0.1, 0.15) is 40.4 Å². The standard InChI is InChI=1S/C17H18N2O2/c1-12-10-16(20)18-11-14(12)15-8-5-9-19(15)17(21)13-6-3-2-4-7-13/h2-4,6-7,10-11,15H,5,8-9H2,1H3,(H,18,20). The fraction of sp³-hybridized carbons (Fsp3) is 0.294. The van der Waals surface area contributed by atoms with Gasteiger partial charge in [-0.1, -0.05) is 18.2 Å². The Morgan fingerprint density at radius 2 is 2.05 bits per heavy atom. The molecule has 1 aromatic heterocycles. The Morgan fingerprint density at radius 3 is 2.76 bits per heavy atom. The molecule has 1 aliphatic heterocycles. The molecule has 4 nitrogen and oxygen atoms in total. The van der Waals surface area contributed by atoms with Gasteiger partial charge in [0.15, 0.2) is 0 Å². The van der Waals surface area contributed by atoms with Crippen molar-refractivity contribution < 1.29 is 4.79 Å². The van der Waals surface area contributed by atoms with E-state index >= 15 is 0 Å². The van der Waals surface area contributed by atoms with Gasteiger partial charge < -0.3 is 9.88 Å². The van der Waals surface area contributed by atoms with E-state index < -0.39 is 0 Å². The molecule has 108 valence electrons. The van der Waals surface area contributed by atoms with Gasteiger partial charge in [0.1, 0.15) is 0 Å². The van der Waals surface area contributed by atoms with Crippen LogP contribution in [0.25, 0.3) is 0 Å². The summed E-state index contributed by atoms with van der Waals surface area (Å²) in [6, 6.07) is 11.0. The van der Waals surface area contributed by atoms with Gasteiger partial charge in [-0.25, -0.2) is 0 Å². The van der Waals surface area contributed by atoms with Crippen molar-refractivity contribution in [2.45, 2.75) is 25.8 Å². The van der Waals surface area contributed by atoms with Crippen LogP contribution >= 0.6 is 0 Å². The Bertz CT molecular complexity index is 706. The topological polar surface area (TPSA) is 53.2 Å². The molecule has 1 aliphatic rings. The fourth-order valence-corrected chi connectivity index (χ4v) is 3.02. The molecule has 2 aromatic rings. The zero-order valence-corrected chi connectivity index (χ0v) is 12.0. The summed E-state index contributed by atoms with van der Waals surface area (Å²) in [5.74, 6) is 0.0590. The number of hydrogen-bond acceptors (Lipinski definition) is 2. The molecule has 4 heteroatoms. The van der Waals surface area contributed by atoms with Crippen molar-refractivity contribution >= 4 is 5.91 Å². The van der Waals surface area contributed by atoms with Gasteiger partial charge in [0.2, 0.25) is 5.56 Å². The van der Waals surface area contributed by atoms with Crippen LogP contribution < -0.4 is 5.56 Å². The van der Waals surface area contributed by atoms with Gasteiger partial charge in [-0.2, -0.15) is 0 Å². The van der Waals surface area contributed by atoms with E-state index in [2.05, 4.69) is 4.98 Å². The molecule has 0 saturated carbocycles. The van der Waals surface area contributed by atoms with Crippen LogP contribution in [0.15, 0.2) is 47.4 Å². The summed E-state index contributed by atoms with van der Waals surface area (Å²) < 4.78 is 0. The van der Waals surface area contributed by atoms with Crippen LogP contribution in [0.5, 0.6) is 0 Å². The second kappa shape index (κ2) is 5.56. The highest BCUT2D eigenvalue weighted by Crippen LogP contribution is 2.33. The van der Waals surface area contributed by atoms with Crippen LogP contribution in [-0.2, 0) is 0 Å². The molecular formula is C17H18N2O2. The van der Waals surface area contributed by atoms with E-state index in [1.165, 1.54) is 0 Å². The molecule has 2 heterocycles. The quantitative estimate of drug-likeness (QED) is 0.920. The molecular weight excluding hydrogens is 264 g/mol. The molecule has 1 aromatic carbocycles. The molecule has 0 aliphatic carbocycles. The Labute approximate surface area is 123 Å². The summed E-state index contributed by atoms with van der Waals surface area (Å²) in [7, 11) is 0. The number of H-pyrrole nitrogens is 1. The highest BCUT2D eigenvalue weighted by molar-refractivity contribution is 5.94. The van der Waals surface area contributed by atoms with Gasteiger partial charge in [0, 0.05) is 24.4 Å². The maximum atomic E-state index is 12.7. The van der Waals surface area contributed by atoms with Crippen LogP contribution in [0.3, 0.4) is 0 Å². The average molecular weight is 282 g/mol. The van der Waals surface area contributed by atoms with Crippen molar-refractivity contribution in [2.75, 3.05) is 6.54 Å². The predicted octanol–water partition coefficient (Wildman–Crippen LogP) is 2.66. The number of nitrogens with zero attached hydrogens (tertiary/aromatic N) is 1. The Hall–Kier alpha value is -2.36. The minimum Gasteiger partial charge on any atom is -0.332 e. The van der Waals surface area contributed by atoms with Crippen molar-refractivity contribution in [1.82, 2.24) is 9.88 Å². The third kappa shape index (κ3) is 2.61. The maximum absolute atomic E-state index is 12.7. The smallest absolute Gasteiger partial charge is 0.254 e. The number of nitrogens with one attached hydrogen (secondary N) is 1. The summed E-state index contributed by atoms with van der Waals surface area (Å²) in [6.07, 6.45) is 3.67. The zero-order chi connectivity index (χ0) is 14.8. The normalized spacial score (nSPS) is 18.0. The first kappa shape index (κ1) is 13.6. The Kier molecular flexibility index (Phi) is 3.60. The molecule has 1 unspecified atom stereocenters. The second-order valence-electron chi connectivity index (χ2n) is 5.46. The predicted molar refractivity (Wildman–Crippen MR) is 81.3 cm³/mol. The van der Waals surface area contributed by atoms with E-state index in [0.717, 1.165) is 30.5 Å². The number of amides is 1. The molecule has 1 atom stereocenters. The van der Waals surface area contributed by atoms with Crippen LogP contribution in [0.4, 0.5) is 0 Å². The molecule has 0 radical (unpaired) electrons. The van der Waals surface area contributed by atoms with Crippen LogP contribution in [0.2, 0.25) is 0 Å². The van der Waals surface area contributed by atoms with Crippen LogP contribution in [-0.4, -0.2) is 22.3 Å². The average Bonchev–Trinajstić information content (AvgIpc) is 2.96. The molecule has 1 saturated heterocycles. The number of likely N-dealkylation sites (tertiary alicyclic amines) is 1. The second-order valence-corrected chi connectivity index (χ2v) is 5.46. The van der Waals surface area contributed by atoms with Gasteiger partial charge in [-0.05, 0) is 43.0 Å². The number of carbonyl (C=O) groups is 1. The lowest BCUT2D eigenvalue weighted by Crippen LogP contribution is -2.31. The van der Waals surface area contributed by atoms with Crippen molar-refractivity contribution in [1.29, 1.82) is 0 Å². The van der Waals surface area contributed by atoms with Gasteiger partial charge in [-0.15, -0.1) is 0 Å². The molecule has 0 spiro atoms. The number of aromatic amines is 1. The van der Waals surface area contributed by atoms with Crippen molar-refractivity contribution in [3.63, 3.8) is 0 Å². The summed E-state index contributed by atoms with van der Waals surface area (Å²) >= 11 is 0. The molecule has 1 amide bonds. The van der Waals surface area contributed by atoms with E-state index in [-0.39, 0.29) is 17.5 Å². The van der Waals surface area contributed by atoms with Gasteiger partial charge in [-0.3, -0.25) is 9.59 Å². The molecule has 1 N–H and O–H groups in total. The number of carbonyl (C=O) groups excluding carboxylic acids is 1. The van der Waals surface area contributed by atoms with E-state index in [4.69, 9.17) is 0 Å². The van der Waals surface area contributed by atoms with E-state index in [0.29, 0.717) is 5.56 Å². The SMILES string of the molecule is Cc1cc(=O)[nH]cc1C1CCCN1C(=O)c1ccccc1. The van der Waals surface area contributed by atoms with Crippen molar-refractivity contribution in [3.8, 4) is 0 Å². The van der Waals surface area contributed by atoms with Crippen LogP contribution in [0, 0.1) is 6.92 Å². The summed E-state index contributed by atoms with van der Waals surface area (Å²) in [5, 5.41) is 0. The maximum Gasteiger partial charge on any atom is 0.254 e. The molecule has 3 rings (SSSR count). The number of benzene rings is 1. The fourth-order valence-electron chi connectivity index (χ4n) is 3.02. The Morgan fingerprint density at radius 1 is 1.29 bits per heavy atom. The third-order valence-electron chi connectivity index (χ3n) is 4.07. The molecule has 1 fully saturated rings. The summed E-state index contributed by atoms with van der Waals surface area (Å²) in [4.78, 5) is 28.7. The number of aromatic nitrogens is 1. The van der Waals surface area contributed by atoms with Gasteiger partial charge in [0.25, 0.3) is 5.91 Å². The lowest BCUT2D eigenvalue weighted by atomic mass is 10.0. The highest BCUT2D eigenvalue weighted by atomic mass is 16.2. The van der Waals surface area contributed by atoms with Crippen molar-refractivity contribution in [3.05, 3.63) is 69.6 Å². The minimum absolute atomic E-state index is 0.0505. The Balaban J connectivity index is 1.92. The van der Waals surface area contributed by atoms with Crippen molar-refractivity contribution in [2.24, 2.45) is 0 Å². The van der Waals surface area contributed by atoms with E-state index in [9.17, 15) is 9.59 Å². The molecule has 21 heavy (non-hydrogen) atoms. The van der Waals surface area contributed by atoms with E-state index in [1.807, 2.05) is 42.2 Å². The number of pyridine rings is 1. The first-order chi connectivity index (χ1) is 10.2. The third-order valence-corrected chi connectivity index (χ3v) is 4.07. The number of hydrogen-bond donors (Lipinski definition) is 1. The number of rotatable bonds is 2. The summed E-state index contributed by atoms with van der Waals surface area (Å²) in [5.41, 5.74) is 2.59. The minimum atomic E-state index is -0.102. The molecule has 0 bridgehead atoms. The largest absolute Gasteiger partial charge is 0.332 e. The first-order valence-corrected chi connectivity index (χ1v) is 7.22. The van der Waals surface area contributed by atoms with Gasteiger partial charge >= 0.3 is 0 Å². The first-order valence-electron chi connectivity index (χ1n) is 7.22. The lowest BCUT2D eigenvalue weighted by Gasteiger charge is -2.26. The van der Waals surface area contributed by atoms with E-state index in [1.54, 1.807) is 12.3 Å². The monoisotopic (exact) mass is 282 g/mol. The summed E-state index contributed by atoms with van der Waals surface area (Å²) in [6.45, 7) is 2.69. The number of aryl methyl sites for hydroxylation is 1.